The zero-order chi connectivity index (χ0) is 18.3. The number of carbonyl (C=O) groups is 1. The molecule has 3 heterocycles. The van der Waals surface area contributed by atoms with Gasteiger partial charge in [0.15, 0.2) is 0 Å². The molecule has 1 aliphatic carbocycles. The van der Waals surface area contributed by atoms with Crippen LogP contribution in [0.15, 0.2) is 16.7 Å². The number of likely N-dealkylation sites (tertiary alicyclic amines) is 1. The molecule has 4 rings (SSSR count). The third-order valence-electron chi connectivity index (χ3n) is 6.32. The number of amides is 1. The van der Waals surface area contributed by atoms with Crippen molar-refractivity contribution in [3.63, 3.8) is 0 Å². The van der Waals surface area contributed by atoms with Gasteiger partial charge in [-0.25, -0.2) is 4.98 Å². The maximum atomic E-state index is 13.4. The van der Waals surface area contributed by atoms with Crippen molar-refractivity contribution in [2.75, 3.05) is 24.5 Å². The Morgan fingerprint density at radius 1 is 1.23 bits per heavy atom. The summed E-state index contributed by atoms with van der Waals surface area (Å²) in [5, 5.41) is 10.4. The van der Waals surface area contributed by atoms with Gasteiger partial charge in [0.25, 0.3) is 0 Å². The third kappa shape index (κ3) is 3.36. The molecule has 1 N–H and O–H groups in total. The van der Waals surface area contributed by atoms with Crippen molar-refractivity contribution in [2.24, 2.45) is 5.41 Å². The second-order valence-corrected chi connectivity index (χ2v) is 9.30. The summed E-state index contributed by atoms with van der Waals surface area (Å²) in [6.07, 6.45) is 7.89. The van der Waals surface area contributed by atoms with Crippen LogP contribution in [0.2, 0.25) is 5.02 Å². The van der Waals surface area contributed by atoms with Gasteiger partial charge >= 0.3 is 0 Å². The van der Waals surface area contributed by atoms with Crippen molar-refractivity contribution in [1.82, 2.24) is 9.88 Å². The van der Waals surface area contributed by atoms with Gasteiger partial charge < -0.3 is 14.9 Å². The van der Waals surface area contributed by atoms with Gasteiger partial charge in [-0.2, -0.15) is 0 Å². The van der Waals surface area contributed by atoms with Crippen molar-refractivity contribution in [3.05, 3.63) is 21.8 Å². The SMILES string of the molecule is O=C1N(C2CCC(O)CC2)CC[C@@]12CCCN(c1ncc(Br)cc1Cl)C2. The fourth-order valence-electron chi connectivity index (χ4n) is 4.90. The van der Waals surface area contributed by atoms with Crippen molar-refractivity contribution < 1.29 is 9.90 Å². The van der Waals surface area contributed by atoms with E-state index in [1.807, 2.05) is 6.07 Å². The number of hydrogen-bond donors (Lipinski definition) is 1. The highest BCUT2D eigenvalue weighted by atomic mass is 79.9. The minimum absolute atomic E-state index is 0.186. The number of halogens is 2. The molecule has 0 unspecified atom stereocenters. The first-order valence-corrected chi connectivity index (χ1v) is 10.7. The van der Waals surface area contributed by atoms with E-state index in [0.717, 1.165) is 68.3 Å². The van der Waals surface area contributed by atoms with Crippen LogP contribution in [-0.2, 0) is 4.79 Å². The molecule has 3 fully saturated rings. The highest BCUT2D eigenvalue weighted by Gasteiger charge is 2.50. The molecule has 1 saturated carbocycles. The summed E-state index contributed by atoms with van der Waals surface area (Å²) in [6, 6.07) is 2.16. The molecule has 1 aromatic rings. The Morgan fingerprint density at radius 3 is 2.73 bits per heavy atom. The third-order valence-corrected chi connectivity index (χ3v) is 7.03. The number of rotatable bonds is 2. The summed E-state index contributed by atoms with van der Waals surface area (Å²) in [5.74, 6) is 1.08. The van der Waals surface area contributed by atoms with E-state index < -0.39 is 0 Å². The largest absolute Gasteiger partial charge is 0.393 e. The summed E-state index contributed by atoms with van der Waals surface area (Å²) in [4.78, 5) is 22.1. The average Bonchev–Trinajstić information content (AvgIpc) is 2.92. The molecule has 0 bridgehead atoms. The Balaban J connectivity index is 1.50. The number of aliphatic hydroxyl groups excluding tert-OH is 1. The first kappa shape index (κ1) is 18.5. The van der Waals surface area contributed by atoms with Crippen LogP contribution in [0.4, 0.5) is 5.82 Å². The predicted octanol–water partition coefficient (Wildman–Crippen LogP) is 3.62. The van der Waals surface area contributed by atoms with E-state index in [0.29, 0.717) is 23.5 Å². The molecule has 0 radical (unpaired) electrons. The van der Waals surface area contributed by atoms with E-state index >= 15 is 0 Å². The molecule has 1 amide bonds. The lowest BCUT2D eigenvalue weighted by atomic mass is 9.78. The van der Waals surface area contributed by atoms with Gasteiger partial charge in [-0.05, 0) is 66.9 Å². The quantitative estimate of drug-likeness (QED) is 0.760. The van der Waals surface area contributed by atoms with Crippen LogP contribution < -0.4 is 4.90 Å². The minimum Gasteiger partial charge on any atom is -0.393 e. The fourth-order valence-corrected chi connectivity index (χ4v) is 5.65. The summed E-state index contributed by atoms with van der Waals surface area (Å²) in [7, 11) is 0. The lowest BCUT2D eigenvalue weighted by Crippen LogP contribution is -2.50. The van der Waals surface area contributed by atoms with Crippen molar-refractivity contribution >= 4 is 39.3 Å². The molecule has 7 heteroatoms. The Kier molecular flexibility index (Phi) is 5.19. The first-order valence-electron chi connectivity index (χ1n) is 9.54. The van der Waals surface area contributed by atoms with Crippen LogP contribution >= 0.6 is 27.5 Å². The molecule has 2 saturated heterocycles. The number of piperidine rings is 1. The lowest BCUT2D eigenvalue weighted by Gasteiger charge is -2.41. The maximum absolute atomic E-state index is 13.4. The molecule has 1 aromatic heterocycles. The van der Waals surface area contributed by atoms with E-state index in [4.69, 9.17) is 11.6 Å². The fraction of sp³-hybridized carbons (Fsp3) is 0.684. The monoisotopic (exact) mass is 441 g/mol. The Labute approximate surface area is 167 Å². The highest BCUT2D eigenvalue weighted by molar-refractivity contribution is 9.10. The topological polar surface area (TPSA) is 56.7 Å². The summed E-state index contributed by atoms with van der Waals surface area (Å²) >= 11 is 9.81. The van der Waals surface area contributed by atoms with Gasteiger partial charge in [-0.15, -0.1) is 0 Å². The number of anilines is 1. The van der Waals surface area contributed by atoms with Crippen LogP contribution in [0.3, 0.4) is 0 Å². The van der Waals surface area contributed by atoms with Crippen LogP contribution in [0.25, 0.3) is 0 Å². The summed E-state index contributed by atoms with van der Waals surface area (Å²) in [5.41, 5.74) is -0.299. The van der Waals surface area contributed by atoms with Gasteiger partial charge in [-0.1, -0.05) is 11.6 Å². The first-order chi connectivity index (χ1) is 12.5. The molecule has 3 aliphatic rings. The van der Waals surface area contributed by atoms with Crippen LogP contribution in [0.1, 0.15) is 44.9 Å². The molecule has 5 nitrogen and oxygen atoms in total. The minimum atomic E-state index is -0.299. The summed E-state index contributed by atoms with van der Waals surface area (Å²) < 4.78 is 0.862. The predicted molar refractivity (Wildman–Crippen MR) is 105 cm³/mol. The van der Waals surface area contributed by atoms with Gasteiger partial charge in [0, 0.05) is 36.3 Å². The number of aliphatic hydroxyl groups is 1. The van der Waals surface area contributed by atoms with E-state index in [1.54, 1.807) is 6.20 Å². The van der Waals surface area contributed by atoms with Gasteiger partial charge in [0.05, 0.1) is 16.5 Å². The molecule has 142 valence electrons. The zero-order valence-corrected chi connectivity index (χ0v) is 17.2. The zero-order valence-electron chi connectivity index (χ0n) is 14.8. The molecular weight excluding hydrogens is 418 g/mol. The molecule has 1 atom stereocenters. The Hall–Kier alpha value is -0.850. The molecular formula is C19H25BrClN3O2. The van der Waals surface area contributed by atoms with E-state index in [2.05, 4.69) is 30.7 Å². The van der Waals surface area contributed by atoms with E-state index in [9.17, 15) is 9.90 Å². The smallest absolute Gasteiger partial charge is 0.230 e. The molecule has 0 aromatic carbocycles. The van der Waals surface area contributed by atoms with Crippen LogP contribution in [0, 0.1) is 5.41 Å². The molecule has 2 aliphatic heterocycles. The van der Waals surface area contributed by atoms with Crippen LogP contribution in [-0.4, -0.2) is 52.7 Å². The number of aromatic nitrogens is 1. The number of hydrogen-bond acceptors (Lipinski definition) is 4. The van der Waals surface area contributed by atoms with Gasteiger partial charge in [0.2, 0.25) is 5.91 Å². The van der Waals surface area contributed by atoms with Crippen molar-refractivity contribution in [2.45, 2.75) is 57.1 Å². The lowest BCUT2D eigenvalue weighted by molar-refractivity contribution is -0.139. The van der Waals surface area contributed by atoms with Gasteiger partial charge in [-0.3, -0.25) is 4.79 Å². The molecule has 1 spiro atoms. The normalized spacial score (nSPS) is 32.5. The number of carbonyl (C=O) groups excluding carboxylic acids is 1. The standard InChI is InChI=1S/C19H25BrClN3O2/c20-13-10-16(21)17(22-11-13)23-8-1-6-19(12-23)7-9-24(18(19)26)14-2-4-15(25)5-3-14/h10-11,14-15,25H,1-9,12H2/t14?,15?,19-/m1/s1. The average molecular weight is 443 g/mol. The number of nitrogens with zero attached hydrogens (tertiary/aromatic N) is 3. The second kappa shape index (κ2) is 7.28. The Bertz CT molecular complexity index is 695. The number of pyridine rings is 1. The maximum Gasteiger partial charge on any atom is 0.230 e. The van der Waals surface area contributed by atoms with Gasteiger partial charge in [0.1, 0.15) is 5.82 Å². The highest BCUT2D eigenvalue weighted by Crippen LogP contribution is 2.44. The van der Waals surface area contributed by atoms with E-state index in [-0.39, 0.29) is 11.5 Å². The summed E-state index contributed by atoms with van der Waals surface area (Å²) in [6.45, 7) is 2.43. The van der Waals surface area contributed by atoms with E-state index in [1.165, 1.54) is 0 Å². The van der Waals surface area contributed by atoms with Crippen molar-refractivity contribution in [3.8, 4) is 0 Å². The molecule has 26 heavy (non-hydrogen) atoms. The van der Waals surface area contributed by atoms with Crippen molar-refractivity contribution in [1.29, 1.82) is 0 Å². The Morgan fingerprint density at radius 2 is 2.00 bits per heavy atom. The van der Waals surface area contributed by atoms with Crippen LogP contribution in [0.5, 0.6) is 0 Å². The second-order valence-electron chi connectivity index (χ2n) is 7.98.